The van der Waals surface area contributed by atoms with E-state index in [9.17, 15) is 28.8 Å². The average molecular weight is 465 g/mol. The van der Waals surface area contributed by atoms with E-state index in [1.165, 1.54) is 0 Å². The predicted octanol–water partition coefficient (Wildman–Crippen LogP) is -4.09. The molecule has 0 aromatic rings. The minimum atomic E-state index is -1.52. The normalized spacial score (nSPS) is 14.4. The number of carbonyl (C=O) groups excluding carboxylic acids is 4. The van der Waals surface area contributed by atoms with Gasteiger partial charge in [0.2, 0.25) is 23.6 Å². The number of aliphatic carboxylic acids is 2. The topological polar surface area (TPSA) is 251 Å². The van der Waals surface area contributed by atoms with Gasteiger partial charge in [0.15, 0.2) is 0 Å². The van der Waals surface area contributed by atoms with Crippen LogP contribution in [0.5, 0.6) is 0 Å². The number of hydrogen-bond acceptors (Lipinski definition) is 9. The summed E-state index contributed by atoms with van der Waals surface area (Å²) in [6.07, 6.45) is -1.43. The Kier molecular flexibility index (Phi) is 12.8. The molecule has 14 nitrogen and oxygen atoms in total. The standard InChI is InChI=1S/C16H27N5O9S/c17-7(5-22)13(26)19-8(1-3-11(18)23)14(27)21-10(6-31)15(28)20-9(16(29)30)2-4-12(24)25/h7-10,22,31H,1-6,17H2,(H2,18,23)(H,19,26)(H,20,28)(H,21,27)(H,24,25)(H,29,30). The number of primary amides is 1. The van der Waals surface area contributed by atoms with Gasteiger partial charge in [-0.1, -0.05) is 0 Å². The van der Waals surface area contributed by atoms with Gasteiger partial charge >= 0.3 is 11.9 Å². The van der Waals surface area contributed by atoms with E-state index >= 15 is 0 Å². The second-order valence-corrected chi connectivity index (χ2v) is 6.80. The highest BCUT2D eigenvalue weighted by molar-refractivity contribution is 7.80. The van der Waals surface area contributed by atoms with Crippen molar-refractivity contribution in [2.75, 3.05) is 12.4 Å². The third kappa shape index (κ3) is 11.2. The number of thiol groups is 1. The molecule has 4 unspecified atom stereocenters. The molecule has 4 amide bonds. The zero-order chi connectivity index (χ0) is 24.1. The summed E-state index contributed by atoms with van der Waals surface area (Å²) in [5.74, 6) is -6.50. The number of nitrogens with two attached hydrogens (primary N) is 2. The van der Waals surface area contributed by atoms with Gasteiger partial charge in [-0.2, -0.15) is 12.6 Å². The molecule has 0 spiro atoms. The monoisotopic (exact) mass is 465 g/mol. The maximum atomic E-state index is 12.5. The zero-order valence-corrected chi connectivity index (χ0v) is 17.3. The van der Waals surface area contributed by atoms with Crippen LogP contribution in [0, 0.1) is 0 Å². The molecule has 0 aromatic heterocycles. The number of amides is 4. The second-order valence-electron chi connectivity index (χ2n) is 6.43. The summed E-state index contributed by atoms with van der Waals surface area (Å²) in [6.45, 7) is -0.704. The van der Waals surface area contributed by atoms with Gasteiger partial charge in [-0.15, -0.1) is 0 Å². The lowest BCUT2D eigenvalue weighted by molar-refractivity contribution is -0.143. The number of carboxylic acid groups (broad SMARTS) is 2. The number of carbonyl (C=O) groups is 6. The van der Waals surface area contributed by atoms with Crippen molar-refractivity contribution in [3.63, 3.8) is 0 Å². The summed E-state index contributed by atoms with van der Waals surface area (Å²) in [7, 11) is 0. The second kappa shape index (κ2) is 14.2. The van der Waals surface area contributed by atoms with Crippen LogP contribution in [0.3, 0.4) is 0 Å². The van der Waals surface area contributed by atoms with Crippen molar-refractivity contribution in [1.82, 2.24) is 16.0 Å². The maximum Gasteiger partial charge on any atom is 0.326 e. The molecule has 0 aliphatic carbocycles. The number of aliphatic hydroxyl groups excluding tert-OH is 1. The van der Waals surface area contributed by atoms with Gasteiger partial charge in [0.05, 0.1) is 6.61 Å². The molecule has 0 saturated heterocycles. The molecule has 0 bridgehead atoms. The van der Waals surface area contributed by atoms with Gasteiger partial charge < -0.3 is 42.7 Å². The third-order valence-electron chi connectivity index (χ3n) is 3.92. The first-order valence-corrected chi connectivity index (χ1v) is 9.67. The number of aliphatic hydroxyl groups is 1. The van der Waals surface area contributed by atoms with Crippen molar-refractivity contribution in [2.45, 2.75) is 49.9 Å². The molecular formula is C16H27N5O9S. The molecule has 31 heavy (non-hydrogen) atoms. The molecule has 4 atom stereocenters. The Balaban J connectivity index is 5.23. The van der Waals surface area contributed by atoms with Crippen LogP contribution in [0.2, 0.25) is 0 Å². The molecular weight excluding hydrogens is 438 g/mol. The predicted molar refractivity (Wildman–Crippen MR) is 108 cm³/mol. The molecule has 0 heterocycles. The summed E-state index contributed by atoms with van der Waals surface area (Å²) in [5, 5.41) is 33.3. The molecule has 0 aromatic carbocycles. The Bertz CT molecular complexity index is 690. The van der Waals surface area contributed by atoms with Crippen molar-refractivity contribution >= 4 is 48.2 Å². The number of rotatable bonds is 15. The molecule has 176 valence electrons. The van der Waals surface area contributed by atoms with Gasteiger partial charge in [0.1, 0.15) is 24.2 Å². The highest BCUT2D eigenvalue weighted by Crippen LogP contribution is 2.03. The SMILES string of the molecule is NC(=O)CCC(NC(=O)C(N)CO)C(=O)NC(CS)C(=O)NC(CCC(=O)O)C(=O)O. The first-order chi connectivity index (χ1) is 14.4. The first kappa shape index (κ1) is 28.1. The average Bonchev–Trinajstić information content (AvgIpc) is 2.70. The number of nitrogens with one attached hydrogen (secondary N) is 3. The summed E-state index contributed by atoms with van der Waals surface area (Å²) in [5.41, 5.74) is 10.4. The highest BCUT2D eigenvalue weighted by Gasteiger charge is 2.30. The number of hydrogen-bond donors (Lipinski definition) is 9. The summed E-state index contributed by atoms with van der Waals surface area (Å²) >= 11 is 3.93. The lowest BCUT2D eigenvalue weighted by Gasteiger charge is -2.24. The Morgan fingerprint density at radius 3 is 1.74 bits per heavy atom. The van der Waals surface area contributed by atoms with Gasteiger partial charge in [-0.25, -0.2) is 4.79 Å². The highest BCUT2D eigenvalue weighted by atomic mass is 32.1. The van der Waals surface area contributed by atoms with Crippen molar-refractivity contribution in [3.8, 4) is 0 Å². The zero-order valence-electron chi connectivity index (χ0n) is 16.4. The fourth-order valence-corrected chi connectivity index (χ4v) is 2.44. The molecule has 15 heteroatoms. The van der Waals surface area contributed by atoms with Crippen molar-refractivity contribution in [2.24, 2.45) is 11.5 Å². The van der Waals surface area contributed by atoms with Gasteiger partial charge in [0, 0.05) is 18.6 Å². The Hall–Kier alpha value is -2.91. The fraction of sp³-hybridized carbons (Fsp3) is 0.625. The lowest BCUT2D eigenvalue weighted by Crippen LogP contribution is -2.58. The van der Waals surface area contributed by atoms with Crippen molar-refractivity contribution in [1.29, 1.82) is 0 Å². The Morgan fingerprint density at radius 1 is 0.806 bits per heavy atom. The first-order valence-electron chi connectivity index (χ1n) is 9.04. The van der Waals surface area contributed by atoms with E-state index in [0.717, 1.165) is 0 Å². The van der Waals surface area contributed by atoms with Crippen molar-refractivity contribution in [3.05, 3.63) is 0 Å². The van der Waals surface area contributed by atoms with Gasteiger partial charge in [-0.3, -0.25) is 24.0 Å². The Labute approximate surface area is 182 Å². The summed E-state index contributed by atoms with van der Waals surface area (Å²) in [6, 6.07) is -5.54. The largest absolute Gasteiger partial charge is 0.481 e. The van der Waals surface area contributed by atoms with Gasteiger partial charge in [0.25, 0.3) is 0 Å². The third-order valence-corrected chi connectivity index (χ3v) is 4.29. The van der Waals surface area contributed by atoms with Crippen LogP contribution >= 0.6 is 12.6 Å². The van der Waals surface area contributed by atoms with Crippen LogP contribution in [0.1, 0.15) is 25.7 Å². The lowest BCUT2D eigenvalue weighted by atomic mass is 10.1. The molecule has 0 fully saturated rings. The van der Waals surface area contributed by atoms with Gasteiger partial charge in [-0.05, 0) is 12.8 Å². The minimum absolute atomic E-state index is 0.234. The molecule has 0 aliphatic rings. The molecule has 0 radical (unpaired) electrons. The van der Waals surface area contributed by atoms with Crippen LogP contribution < -0.4 is 27.4 Å². The van der Waals surface area contributed by atoms with Crippen LogP contribution in [0.4, 0.5) is 0 Å². The maximum absolute atomic E-state index is 12.5. The van der Waals surface area contributed by atoms with E-state index in [1.54, 1.807) is 0 Å². The Morgan fingerprint density at radius 2 is 1.29 bits per heavy atom. The van der Waals surface area contributed by atoms with E-state index in [4.69, 9.17) is 26.8 Å². The van der Waals surface area contributed by atoms with Crippen LogP contribution in [0.15, 0.2) is 0 Å². The smallest absolute Gasteiger partial charge is 0.326 e. The molecule has 10 N–H and O–H groups in total. The van der Waals surface area contributed by atoms with Crippen molar-refractivity contribution < 1.29 is 44.1 Å². The van der Waals surface area contributed by atoms with Crippen LogP contribution in [-0.4, -0.2) is 87.4 Å². The van der Waals surface area contributed by atoms with E-state index in [1.807, 2.05) is 0 Å². The molecule has 0 saturated carbocycles. The number of carboxylic acids is 2. The van der Waals surface area contributed by atoms with Crippen LogP contribution in [-0.2, 0) is 28.8 Å². The van der Waals surface area contributed by atoms with E-state index < -0.39 is 72.8 Å². The minimum Gasteiger partial charge on any atom is -0.481 e. The van der Waals surface area contributed by atoms with E-state index in [0.29, 0.717) is 0 Å². The van der Waals surface area contributed by atoms with Crippen LogP contribution in [0.25, 0.3) is 0 Å². The molecule has 0 aliphatic heterocycles. The fourth-order valence-electron chi connectivity index (χ4n) is 2.18. The molecule has 0 rings (SSSR count). The summed E-state index contributed by atoms with van der Waals surface area (Å²) in [4.78, 5) is 69.6. The van der Waals surface area contributed by atoms with E-state index in [-0.39, 0.29) is 25.0 Å². The quantitative estimate of drug-likeness (QED) is 0.106. The summed E-state index contributed by atoms with van der Waals surface area (Å²) < 4.78 is 0. The van der Waals surface area contributed by atoms with E-state index in [2.05, 4.69) is 28.6 Å².